The van der Waals surface area contributed by atoms with Gasteiger partial charge in [-0.2, -0.15) is 0 Å². The van der Waals surface area contributed by atoms with E-state index in [1.165, 1.54) is 24.4 Å². The Hall–Kier alpha value is -2.34. The number of pyridine rings is 1. The summed E-state index contributed by atoms with van der Waals surface area (Å²) < 4.78 is 13.3. The molecule has 0 unspecified atom stereocenters. The topological polar surface area (TPSA) is 94.0 Å². The summed E-state index contributed by atoms with van der Waals surface area (Å²) in [5.41, 5.74) is 11.6. The number of nitrogens with two attached hydrogens (primary N) is 2. The normalized spacial score (nSPS) is 10.2. The van der Waals surface area contributed by atoms with Crippen LogP contribution in [0.25, 0.3) is 0 Å². The third-order valence-electron chi connectivity index (χ3n) is 2.36. The van der Waals surface area contributed by atoms with Crippen LogP contribution in [0.3, 0.4) is 0 Å². The summed E-state index contributed by atoms with van der Waals surface area (Å²) in [6, 6.07) is 5.52. The van der Waals surface area contributed by atoms with Gasteiger partial charge in [-0.25, -0.2) is 9.37 Å². The molecule has 5 nitrogen and oxygen atoms in total. The monoisotopic (exact) mass is 280 g/mol. The lowest BCUT2D eigenvalue weighted by molar-refractivity contribution is 0.100. The van der Waals surface area contributed by atoms with Crippen LogP contribution >= 0.6 is 11.6 Å². The van der Waals surface area contributed by atoms with Crippen molar-refractivity contribution in [1.82, 2.24) is 4.98 Å². The van der Waals surface area contributed by atoms with Gasteiger partial charge in [0.1, 0.15) is 11.6 Å². The van der Waals surface area contributed by atoms with E-state index in [0.29, 0.717) is 11.4 Å². The molecule has 0 aliphatic heterocycles. The third kappa shape index (κ3) is 2.92. The van der Waals surface area contributed by atoms with E-state index >= 15 is 0 Å². The molecular weight excluding hydrogens is 271 g/mol. The van der Waals surface area contributed by atoms with Crippen molar-refractivity contribution in [1.29, 1.82) is 0 Å². The summed E-state index contributed by atoms with van der Waals surface area (Å²) in [5, 5.41) is 2.79. The first-order valence-electron chi connectivity index (χ1n) is 5.25. The smallest absolute Gasteiger partial charge is 0.252 e. The first kappa shape index (κ1) is 13.1. The maximum Gasteiger partial charge on any atom is 0.252 e. The summed E-state index contributed by atoms with van der Waals surface area (Å²) in [6.45, 7) is 0. The Labute approximate surface area is 113 Å². The van der Waals surface area contributed by atoms with Crippen LogP contribution in [-0.4, -0.2) is 10.9 Å². The zero-order valence-corrected chi connectivity index (χ0v) is 10.4. The van der Waals surface area contributed by atoms with E-state index in [9.17, 15) is 9.18 Å². The number of primary amides is 1. The zero-order chi connectivity index (χ0) is 14.0. The van der Waals surface area contributed by atoms with Crippen LogP contribution in [0, 0.1) is 5.82 Å². The minimum Gasteiger partial charge on any atom is -0.397 e. The lowest BCUT2D eigenvalue weighted by Gasteiger charge is -2.10. The van der Waals surface area contributed by atoms with Crippen molar-refractivity contribution >= 4 is 34.7 Å². The van der Waals surface area contributed by atoms with Gasteiger partial charge in [0.05, 0.1) is 22.5 Å². The van der Waals surface area contributed by atoms with Gasteiger partial charge in [0.15, 0.2) is 0 Å². The van der Waals surface area contributed by atoms with E-state index < -0.39 is 11.7 Å². The lowest BCUT2D eigenvalue weighted by Crippen LogP contribution is -2.14. The molecule has 0 saturated heterocycles. The fraction of sp³-hybridized carbons (Fsp3) is 0. The maximum absolute atomic E-state index is 13.3. The number of nitrogens with zero attached hydrogens (tertiary/aromatic N) is 1. The van der Waals surface area contributed by atoms with Gasteiger partial charge in [-0.05, 0) is 24.3 Å². The second-order valence-corrected chi connectivity index (χ2v) is 4.19. The summed E-state index contributed by atoms with van der Waals surface area (Å²) in [7, 11) is 0. The van der Waals surface area contributed by atoms with Crippen LogP contribution in [0.15, 0.2) is 30.5 Å². The van der Waals surface area contributed by atoms with Crippen molar-refractivity contribution < 1.29 is 9.18 Å². The predicted octanol–water partition coefficient (Wildman–Crippen LogP) is 2.30. The Morgan fingerprint density at radius 3 is 2.74 bits per heavy atom. The number of anilines is 3. The SMILES string of the molecule is NC(=O)c1cc(N)cnc1Nc1ccc(Cl)c(F)c1. The van der Waals surface area contributed by atoms with E-state index in [1.54, 1.807) is 6.07 Å². The Morgan fingerprint density at radius 1 is 1.37 bits per heavy atom. The number of nitrogens with one attached hydrogen (secondary N) is 1. The molecule has 0 radical (unpaired) electrons. The van der Waals surface area contributed by atoms with Gasteiger partial charge in [0, 0.05) is 5.69 Å². The van der Waals surface area contributed by atoms with E-state index in [1.807, 2.05) is 0 Å². The molecule has 98 valence electrons. The Balaban J connectivity index is 2.37. The molecule has 2 rings (SSSR count). The number of hydrogen-bond donors (Lipinski definition) is 3. The quantitative estimate of drug-likeness (QED) is 0.804. The van der Waals surface area contributed by atoms with Crippen LogP contribution < -0.4 is 16.8 Å². The number of amides is 1. The largest absolute Gasteiger partial charge is 0.397 e. The second kappa shape index (κ2) is 5.11. The van der Waals surface area contributed by atoms with Crippen LogP contribution in [-0.2, 0) is 0 Å². The average molecular weight is 281 g/mol. The molecular formula is C12H10ClFN4O. The molecule has 1 aromatic carbocycles. The fourth-order valence-corrected chi connectivity index (χ4v) is 1.60. The molecule has 0 bridgehead atoms. The number of nitrogen functional groups attached to an aromatic ring is 1. The van der Waals surface area contributed by atoms with Crippen molar-refractivity contribution in [3.8, 4) is 0 Å². The number of carbonyl (C=O) groups excluding carboxylic acids is 1. The molecule has 0 saturated carbocycles. The average Bonchev–Trinajstić information content (AvgIpc) is 2.36. The number of halogens is 2. The number of benzene rings is 1. The summed E-state index contributed by atoms with van der Waals surface area (Å²) in [5.74, 6) is -1.07. The van der Waals surface area contributed by atoms with E-state index in [0.717, 1.165) is 0 Å². The van der Waals surface area contributed by atoms with Gasteiger partial charge in [-0.15, -0.1) is 0 Å². The zero-order valence-electron chi connectivity index (χ0n) is 9.65. The molecule has 1 aromatic heterocycles. The van der Waals surface area contributed by atoms with Crippen molar-refractivity contribution in [3.63, 3.8) is 0 Å². The van der Waals surface area contributed by atoms with E-state index in [2.05, 4.69) is 10.3 Å². The first-order valence-corrected chi connectivity index (χ1v) is 5.62. The minimum atomic E-state index is -0.684. The molecule has 2 aromatic rings. The highest BCUT2D eigenvalue weighted by molar-refractivity contribution is 6.30. The Bertz CT molecular complexity index is 648. The highest BCUT2D eigenvalue weighted by Crippen LogP contribution is 2.23. The second-order valence-electron chi connectivity index (χ2n) is 3.78. The molecule has 19 heavy (non-hydrogen) atoms. The van der Waals surface area contributed by atoms with Gasteiger partial charge < -0.3 is 16.8 Å². The third-order valence-corrected chi connectivity index (χ3v) is 2.66. The molecule has 0 spiro atoms. The van der Waals surface area contributed by atoms with Gasteiger partial charge >= 0.3 is 0 Å². The highest BCUT2D eigenvalue weighted by Gasteiger charge is 2.11. The number of hydrogen-bond acceptors (Lipinski definition) is 4. The highest BCUT2D eigenvalue weighted by atomic mass is 35.5. The predicted molar refractivity (Wildman–Crippen MR) is 71.9 cm³/mol. The van der Waals surface area contributed by atoms with Crippen LogP contribution in [0.2, 0.25) is 5.02 Å². The molecule has 5 N–H and O–H groups in total. The van der Waals surface area contributed by atoms with Crippen LogP contribution in [0.1, 0.15) is 10.4 Å². The molecule has 0 atom stereocenters. The molecule has 0 aliphatic rings. The van der Waals surface area contributed by atoms with Gasteiger partial charge in [-0.3, -0.25) is 4.79 Å². The van der Waals surface area contributed by atoms with E-state index in [-0.39, 0.29) is 16.4 Å². The molecule has 1 amide bonds. The molecule has 7 heteroatoms. The lowest BCUT2D eigenvalue weighted by atomic mass is 10.2. The van der Waals surface area contributed by atoms with Gasteiger partial charge in [0.25, 0.3) is 5.91 Å². The van der Waals surface area contributed by atoms with E-state index in [4.69, 9.17) is 23.1 Å². The maximum atomic E-state index is 13.3. The Morgan fingerprint density at radius 2 is 2.11 bits per heavy atom. The van der Waals surface area contributed by atoms with Crippen molar-refractivity contribution in [2.24, 2.45) is 5.73 Å². The van der Waals surface area contributed by atoms with Gasteiger partial charge in [0.2, 0.25) is 0 Å². The molecule has 0 fully saturated rings. The van der Waals surface area contributed by atoms with Crippen molar-refractivity contribution in [2.45, 2.75) is 0 Å². The summed E-state index contributed by atoms with van der Waals surface area (Å²) in [6.07, 6.45) is 1.36. The van der Waals surface area contributed by atoms with Gasteiger partial charge in [-0.1, -0.05) is 11.6 Å². The summed E-state index contributed by atoms with van der Waals surface area (Å²) in [4.78, 5) is 15.2. The first-order chi connectivity index (χ1) is 8.97. The Kier molecular flexibility index (Phi) is 3.52. The number of rotatable bonds is 3. The van der Waals surface area contributed by atoms with Crippen molar-refractivity contribution in [2.75, 3.05) is 11.1 Å². The molecule has 0 aliphatic carbocycles. The van der Waals surface area contributed by atoms with Crippen molar-refractivity contribution in [3.05, 3.63) is 46.9 Å². The number of carbonyl (C=O) groups is 1. The standard InChI is InChI=1S/C12H10ClFN4O/c13-9-2-1-7(4-10(9)14)18-12-8(11(16)19)3-6(15)5-17-12/h1-5H,15H2,(H2,16,19)(H,17,18). The number of aromatic nitrogens is 1. The minimum absolute atomic E-state index is 0.00550. The molecule has 1 heterocycles. The van der Waals surface area contributed by atoms with Crippen LogP contribution in [0.5, 0.6) is 0 Å². The van der Waals surface area contributed by atoms with Crippen LogP contribution in [0.4, 0.5) is 21.6 Å². The summed E-state index contributed by atoms with van der Waals surface area (Å²) >= 11 is 5.58. The fourth-order valence-electron chi connectivity index (χ4n) is 1.48.